The molecular weight excluding hydrogens is 524 g/mol. The standard InChI is InChI=1S/C27H33ClN6O5/c1-33(2)13-14-34(3)27(37)17-7-5-16(6-8-17)24(35)32-22-21-19(11-12-29-26(21)38-4)39-23(22)25(36)31-20-10-9-18(28)15-30-20/h9-12,15-17H,5-8,13-14H2,1-4H3,(H,32,35)(H,30,31,36). The van der Waals surface area contributed by atoms with Crippen LogP contribution in [0.25, 0.3) is 11.0 Å². The highest BCUT2D eigenvalue weighted by Crippen LogP contribution is 2.38. The second-order valence-corrected chi connectivity index (χ2v) is 10.4. The summed E-state index contributed by atoms with van der Waals surface area (Å²) in [5.41, 5.74) is 0.509. The number of rotatable bonds is 9. The number of amides is 3. The molecule has 0 spiro atoms. The van der Waals surface area contributed by atoms with Crippen molar-refractivity contribution in [1.82, 2.24) is 19.8 Å². The van der Waals surface area contributed by atoms with Crippen LogP contribution >= 0.6 is 11.6 Å². The fourth-order valence-corrected chi connectivity index (χ4v) is 4.78. The molecule has 0 aliphatic heterocycles. The molecule has 12 heteroatoms. The van der Waals surface area contributed by atoms with E-state index in [-0.39, 0.29) is 46.8 Å². The van der Waals surface area contributed by atoms with E-state index in [0.717, 1.165) is 6.54 Å². The molecule has 11 nitrogen and oxygen atoms in total. The summed E-state index contributed by atoms with van der Waals surface area (Å²) < 4.78 is 11.2. The number of hydrogen-bond donors (Lipinski definition) is 2. The number of carbonyl (C=O) groups excluding carboxylic acids is 3. The first-order valence-electron chi connectivity index (χ1n) is 12.8. The fourth-order valence-electron chi connectivity index (χ4n) is 4.67. The number of fused-ring (bicyclic) bond motifs is 1. The molecule has 1 fully saturated rings. The number of ether oxygens (including phenoxy) is 1. The third-order valence-corrected chi connectivity index (χ3v) is 7.11. The number of anilines is 2. The van der Waals surface area contributed by atoms with Crippen molar-refractivity contribution in [1.29, 1.82) is 0 Å². The highest BCUT2D eigenvalue weighted by atomic mass is 35.5. The van der Waals surface area contributed by atoms with Crippen molar-refractivity contribution in [3.05, 3.63) is 41.4 Å². The smallest absolute Gasteiger partial charge is 0.294 e. The van der Waals surface area contributed by atoms with Crippen LogP contribution in [0.1, 0.15) is 36.2 Å². The molecule has 4 rings (SSSR count). The Balaban J connectivity index is 1.50. The van der Waals surface area contributed by atoms with E-state index in [9.17, 15) is 14.4 Å². The molecule has 3 aromatic heterocycles. The summed E-state index contributed by atoms with van der Waals surface area (Å²) in [7, 11) is 7.22. The average Bonchev–Trinajstić information content (AvgIpc) is 3.31. The molecule has 1 saturated carbocycles. The van der Waals surface area contributed by atoms with Gasteiger partial charge in [0.1, 0.15) is 22.5 Å². The molecular formula is C27H33ClN6O5. The Bertz CT molecular complexity index is 1330. The minimum Gasteiger partial charge on any atom is -0.480 e. The maximum absolute atomic E-state index is 13.4. The van der Waals surface area contributed by atoms with E-state index in [4.69, 9.17) is 20.8 Å². The molecule has 0 aromatic carbocycles. The van der Waals surface area contributed by atoms with Gasteiger partial charge in [0.25, 0.3) is 5.91 Å². The van der Waals surface area contributed by atoms with Gasteiger partial charge in [-0.3, -0.25) is 14.4 Å². The van der Waals surface area contributed by atoms with Crippen LogP contribution in [0.5, 0.6) is 5.88 Å². The second-order valence-electron chi connectivity index (χ2n) is 9.92. The number of hydrogen-bond acceptors (Lipinski definition) is 8. The number of nitrogens with zero attached hydrogens (tertiary/aromatic N) is 4. The molecule has 39 heavy (non-hydrogen) atoms. The van der Waals surface area contributed by atoms with Crippen LogP contribution < -0.4 is 15.4 Å². The van der Waals surface area contributed by atoms with Gasteiger partial charge in [0.2, 0.25) is 23.5 Å². The van der Waals surface area contributed by atoms with Crippen LogP contribution in [0.4, 0.5) is 11.5 Å². The van der Waals surface area contributed by atoms with Gasteiger partial charge in [0.05, 0.1) is 12.1 Å². The highest BCUT2D eigenvalue weighted by molar-refractivity contribution is 6.30. The van der Waals surface area contributed by atoms with Gasteiger partial charge in [-0.2, -0.15) is 0 Å². The maximum atomic E-state index is 13.4. The summed E-state index contributed by atoms with van der Waals surface area (Å²) >= 11 is 5.89. The first-order chi connectivity index (χ1) is 18.7. The Morgan fingerprint density at radius 3 is 2.38 bits per heavy atom. The van der Waals surface area contributed by atoms with Gasteiger partial charge >= 0.3 is 0 Å². The van der Waals surface area contributed by atoms with Crippen LogP contribution in [0.2, 0.25) is 5.02 Å². The van der Waals surface area contributed by atoms with E-state index in [1.165, 1.54) is 19.5 Å². The number of aromatic nitrogens is 2. The zero-order chi connectivity index (χ0) is 28.1. The molecule has 1 aliphatic rings. The highest BCUT2D eigenvalue weighted by Gasteiger charge is 2.33. The van der Waals surface area contributed by atoms with E-state index >= 15 is 0 Å². The van der Waals surface area contributed by atoms with E-state index < -0.39 is 5.91 Å². The van der Waals surface area contributed by atoms with Crippen molar-refractivity contribution in [3.8, 4) is 5.88 Å². The minimum atomic E-state index is -0.603. The van der Waals surface area contributed by atoms with Crippen molar-refractivity contribution < 1.29 is 23.5 Å². The number of nitrogens with one attached hydrogen (secondary N) is 2. The predicted octanol–water partition coefficient (Wildman–Crippen LogP) is 3.90. The lowest BCUT2D eigenvalue weighted by molar-refractivity contribution is -0.136. The molecule has 208 valence electrons. The normalized spacial score (nSPS) is 17.2. The summed E-state index contributed by atoms with van der Waals surface area (Å²) in [6.45, 7) is 1.45. The van der Waals surface area contributed by atoms with Gasteiger partial charge in [-0.1, -0.05) is 11.6 Å². The predicted molar refractivity (Wildman–Crippen MR) is 148 cm³/mol. The Morgan fingerprint density at radius 1 is 1.03 bits per heavy atom. The third-order valence-electron chi connectivity index (χ3n) is 6.89. The number of halogens is 1. The zero-order valence-electron chi connectivity index (χ0n) is 22.5. The summed E-state index contributed by atoms with van der Waals surface area (Å²) in [5, 5.41) is 6.37. The van der Waals surface area contributed by atoms with Crippen molar-refractivity contribution >= 4 is 51.8 Å². The molecule has 3 amide bonds. The lowest BCUT2D eigenvalue weighted by atomic mass is 9.81. The number of carbonyl (C=O) groups is 3. The largest absolute Gasteiger partial charge is 0.480 e. The van der Waals surface area contributed by atoms with Crippen molar-refractivity contribution in [2.24, 2.45) is 11.8 Å². The molecule has 0 unspecified atom stereocenters. The van der Waals surface area contributed by atoms with E-state index in [1.54, 1.807) is 23.1 Å². The van der Waals surface area contributed by atoms with E-state index in [2.05, 4.69) is 20.6 Å². The summed E-state index contributed by atoms with van der Waals surface area (Å²) in [4.78, 5) is 51.5. The third kappa shape index (κ3) is 6.66. The van der Waals surface area contributed by atoms with Crippen LogP contribution in [0.3, 0.4) is 0 Å². The van der Waals surface area contributed by atoms with Gasteiger partial charge in [-0.25, -0.2) is 9.97 Å². The van der Waals surface area contributed by atoms with Crippen LogP contribution in [-0.4, -0.2) is 78.8 Å². The van der Waals surface area contributed by atoms with Crippen LogP contribution in [0.15, 0.2) is 35.0 Å². The Hall–Kier alpha value is -3.70. The summed E-state index contributed by atoms with van der Waals surface area (Å²) in [6.07, 6.45) is 5.26. The second kappa shape index (κ2) is 12.4. The van der Waals surface area contributed by atoms with Crippen molar-refractivity contribution in [2.75, 3.05) is 52.0 Å². The molecule has 0 radical (unpaired) electrons. The van der Waals surface area contributed by atoms with Gasteiger partial charge in [-0.15, -0.1) is 0 Å². The van der Waals surface area contributed by atoms with Gasteiger partial charge in [-0.05, 0) is 51.9 Å². The van der Waals surface area contributed by atoms with Crippen molar-refractivity contribution in [3.63, 3.8) is 0 Å². The number of pyridine rings is 2. The first-order valence-corrected chi connectivity index (χ1v) is 13.1. The number of furan rings is 1. The lowest BCUT2D eigenvalue weighted by Crippen LogP contribution is -2.39. The Kier molecular flexibility index (Phi) is 9.03. The SMILES string of the molecule is COc1nccc2oc(C(=O)Nc3ccc(Cl)cn3)c(NC(=O)C3CCC(C(=O)N(C)CCN(C)C)CC3)c12. The van der Waals surface area contributed by atoms with Gasteiger partial charge in [0, 0.05) is 50.4 Å². The van der Waals surface area contributed by atoms with E-state index in [0.29, 0.717) is 48.2 Å². The molecule has 3 aromatic rings. The van der Waals surface area contributed by atoms with Crippen molar-refractivity contribution in [2.45, 2.75) is 25.7 Å². The molecule has 0 atom stereocenters. The van der Waals surface area contributed by atoms with E-state index in [1.807, 2.05) is 26.0 Å². The Labute approximate surface area is 231 Å². The summed E-state index contributed by atoms with van der Waals surface area (Å²) in [5.74, 6) is -0.787. The minimum absolute atomic E-state index is 0.103. The molecule has 0 saturated heterocycles. The van der Waals surface area contributed by atoms with Gasteiger partial charge in [0.15, 0.2) is 0 Å². The molecule has 0 bridgehead atoms. The summed E-state index contributed by atoms with van der Waals surface area (Å²) in [6, 6.07) is 4.74. The average molecular weight is 557 g/mol. The Morgan fingerprint density at radius 2 is 1.74 bits per heavy atom. The molecule has 3 heterocycles. The quantitative estimate of drug-likeness (QED) is 0.406. The number of likely N-dealkylation sites (N-methyl/N-ethyl adjacent to an activating group) is 2. The molecule has 1 aliphatic carbocycles. The lowest BCUT2D eigenvalue weighted by Gasteiger charge is -2.30. The van der Waals surface area contributed by atoms with Crippen LogP contribution in [0, 0.1) is 11.8 Å². The number of methoxy groups -OCH3 is 1. The van der Waals surface area contributed by atoms with Crippen LogP contribution in [-0.2, 0) is 9.59 Å². The monoisotopic (exact) mass is 556 g/mol. The fraction of sp³-hybridized carbons (Fsp3) is 0.444. The van der Waals surface area contributed by atoms with Gasteiger partial charge < -0.3 is 29.6 Å². The topological polar surface area (TPSA) is 130 Å². The maximum Gasteiger partial charge on any atom is 0.294 e. The zero-order valence-corrected chi connectivity index (χ0v) is 23.2. The molecule has 2 N–H and O–H groups in total. The first kappa shape index (κ1) is 28.3.